The average molecular weight is 581 g/mol. The summed E-state index contributed by atoms with van der Waals surface area (Å²) < 4.78 is 24.1. The molecule has 224 valence electrons. The highest BCUT2D eigenvalue weighted by atomic mass is 16.6. The van der Waals surface area contributed by atoms with Crippen molar-refractivity contribution in [3.8, 4) is 45.0 Å². The van der Waals surface area contributed by atoms with Gasteiger partial charge in [0.2, 0.25) is 0 Å². The number of hydrogen-bond donors (Lipinski definition) is 2. The van der Waals surface area contributed by atoms with Gasteiger partial charge in [-0.15, -0.1) is 0 Å². The zero-order valence-electron chi connectivity index (χ0n) is 25.4. The summed E-state index contributed by atoms with van der Waals surface area (Å²) >= 11 is 0. The molecule has 0 fully saturated rings. The molecule has 0 saturated heterocycles. The fourth-order valence-electron chi connectivity index (χ4n) is 5.25. The van der Waals surface area contributed by atoms with Gasteiger partial charge < -0.3 is 28.9 Å². The van der Waals surface area contributed by atoms with Gasteiger partial charge in [0.1, 0.15) is 36.4 Å². The third-order valence-corrected chi connectivity index (χ3v) is 8.14. The molecule has 2 aromatic heterocycles. The Morgan fingerprint density at radius 3 is 1.98 bits per heavy atom. The number of hydrogen-bond acceptors (Lipinski definition) is 6. The fraction of sp³-hybridized carbons (Fsp3) is 0.371. The summed E-state index contributed by atoms with van der Waals surface area (Å²) in [6.45, 7) is 11.6. The van der Waals surface area contributed by atoms with Crippen LogP contribution in [0.5, 0.6) is 11.5 Å². The van der Waals surface area contributed by atoms with Crippen molar-refractivity contribution in [2.45, 2.75) is 40.0 Å². The number of benzene rings is 3. The summed E-state index contributed by atoms with van der Waals surface area (Å²) in [7, 11) is 0. The molecule has 1 atom stereocenters. The molecule has 0 amide bonds. The van der Waals surface area contributed by atoms with Crippen molar-refractivity contribution >= 4 is 11.0 Å². The minimum atomic E-state index is 0.356. The van der Waals surface area contributed by atoms with Gasteiger partial charge in [0, 0.05) is 29.0 Å². The summed E-state index contributed by atoms with van der Waals surface area (Å²) in [6.07, 6.45) is 2.72. The van der Waals surface area contributed by atoms with Crippen molar-refractivity contribution in [1.82, 2.24) is 19.9 Å². The summed E-state index contributed by atoms with van der Waals surface area (Å²) in [5, 5.41) is 0. The Kier molecular flexibility index (Phi) is 8.77. The van der Waals surface area contributed by atoms with Gasteiger partial charge >= 0.3 is 0 Å². The molecular weight excluding hydrogens is 540 g/mol. The SMILES string of the molecule is CCc1ncc(-c2ccc3c(c2)OCCOCCOCCOc2cc(-c4ccc5nc([C@H](C)C(C)C)[nH]c5c4)ccc2-3)[nH]1. The Balaban J connectivity index is 1.39. The minimum Gasteiger partial charge on any atom is -0.491 e. The van der Waals surface area contributed by atoms with E-state index < -0.39 is 0 Å². The molecular formula is C35H40N4O4. The zero-order valence-corrected chi connectivity index (χ0v) is 25.4. The zero-order chi connectivity index (χ0) is 29.8. The van der Waals surface area contributed by atoms with Gasteiger partial charge in [-0.2, -0.15) is 0 Å². The second kappa shape index (κ2) is 13.0. The topological polar surface area (TPSA) is 94.3 Å². The van der Waals surface area contributed by atoms with E-state index in [1.807, 2.05) is 6.20 Å². The highest BCUT2D eigenvalue weighted by Crippen LogP contribution is 2.41. The van der Waals surface area contributed by atoms with E-state index in [0.717, 1.165) is 74.1 Å². The van der Waals surface area contributed by atoms with Crippen LogP contribution in [-0.2, 0) is 15.9 Å². The number of aromatic nitrogens is 4. The number of ether oxygens (including phenoxy) is 4. The smallest absolute Gasteiger partial charge is 0.128 e. The van der Waals surface area contributed by atoms with E-state index in [1.165, 1.54) is 0 Å². The number of aromatic amines is 2. The Morgan fingerprint density at radius 2 is 1.33 bits per heavy atom. The summed E-state index contributed by atoms with van der Waals surface area (Å²) in [6, 6.07) is 19.0. The number of nitrogens with zero attached hydrogens (tertiary/aromatic N) is 2. The van der Waals surface area contributed by atoms with Gasteiger partial charge in [-0.1, -0.05) is 45.9 Å². The van der Waals surface area contributed by atoms with E-state index in [4.69, 9.17) is 23.9 Å². The van der Waals surface area contributed by atoms with E-state index in [0.29, 0.717) is 51.5 Å². The van der Waals surface area contributed by atoms with E-state index in [-0.39, 0.29) is 0 Å². The molecule has 0 bridgehead atoms. The largest absolute Gasteiger partial charge is 0.491 e. The quantitative estimate of drug-likeness (QED) is 0.225. The van der Waals surface area contributed by atoms with Gasteiger partial charge in [-0.3, -0.25) is 0 Å². The standard InChI is InChI=1S/C35H40N4O4/c1-5-34-36-21-31(37-34)26-7-10-28-27-9-6-25(24-8-11-29-30(18-24)39-35(38-29)23(4)22(2)3)19-32(27)42-16-14-40-12-13-41-15-17-43-33(28)20-26/h6-11,18-23H,5,12-17H2,1-4H3,(H,36,37)(H,38,39)/t23-/m1/s1. The number of nitrogens with one attached hydrogen (secondary N) is 2. The molecule has 0 unspecified atom stereocenters. The lowest BCUT2D eigenvalue weighted by molar-refractivity contribution is 0.0271. The van der Waals surface area contributed by atoms with E-state index in [2.05, 4.69) is 97.2 Å². The van der Waals surface area contributed by atoms with E-state index >= 15 is 0 Å². The maximum absolute atomic E-state index is 6.38. The van der Waals surface area contributed by atoms with Gasteiger partial charge in [0.05, 0.1) is 49.4 Å². The van der Waals surface area contributed by atoms with Crippen molar-refractivity contribution in [3.63, 3.8) is 0 Å². The van der Waals surface area contributed by atoms with E-state index in [9.17, 15) is 0 Å². The minimum absolute atomic E-state index is 0.356. The summed E-state index contributed by atoms with van der Waals surface area (Å²) in [4.78, 5) is 16.3. The third kappa shape index (κ3) is 6.45. The van der Waals surface area contributed by atoms with Crippen LogP contribution in [0.1, 0.15) is 45.3 Å². The molecule has 0 saturated carbocycles. The molecule has 1 aliphatic heterocycles. The molecule has 0 aliphatic carbocycles. The molecule has 8 nitrogen and oxygen atoms in total. The molecule has 3 aromatic carbocycles. The summed E-state index contributed by atoms with van der Waals surface area (Å²) in [5.41, 5.74) is 8.06. The lowest BCUT2D eigenvalue weighted by atomic mass is 9.97. The van der Waals surface area contributed by atoms with Gasteiger partial charge in [0.25, 0.3) is 0 Å². The van der Waals surface area contributed by atoms with E-state index in [1.54, 1.807) is 0 Å². The number of aryl methyl sites for hydroxylation is 1. The lowest BCUT2D eigenvalue weighted by Crippen LogP contribution is -2.14. The predicted molar refractivity (Wildman–Crippen MR) is 170 cm³/mol. The predicted octanol–water partition coefficient (Wildman–Crippen LogP) is 7.41. The summed E-state index contributed by atoms with van der Waals surface area (Å²) in [5.74, 6) is 4.39. The van der Waals surface area contributed by atoms with Crippen molar-refractivity contribution in [1.29, 1.82) is 0 Å². The maximum atomic E-state index is 6.38. The Bertz CT molecular complexity index is 1690. The Hall–Kier alpha value is -4.14. The van der Waals surface area contributed by atoms with Crippen LogP contribution in [0, 0.1) is 5.92 Å². The molecule has 2 N–H and O–H groups in total. The normalized spacial score (nSPS) is 15.3. The first kappa shape index (κ1) is 29.0. The number of H-pyrrole nitrogens is 2. The van der Waals surface area contributed by atoms with Crippen molar-refractivity contribution in [2.24, 2.45) is 5.92 Å². The average Bonchev–Trinajstić information content (AvgIpc) is 3.68. The van der Waals surface area contributed by atoms with Crippen LogP contribution in [0.25, 0.3) is 44.5 Å². The second-order valence-electron chi connectivity index (χ2n) is 11.3. The monoisotopic (exact) mass is 580 g/mol. The van der Waals surface area contributed by atoms with Crippen LogP contribution >= 0.6 is 0 Å². The van der Waals surface area contributed by atoms with Crippen LogP contribution in [0.15, 0.2) is 60.8 Å². The van der Waals surface area contributed by atoms with Crippen LogP contribution in [0.2, 0.25) is 0 Å². The Morgan fingerprint density at radius 1 is 0.721 bits per heavy atom. The molecule has 0 spiro atoms. The van der Waals surface area contributed by atoms with Crippen LogP contribution in [-0.4, -0.2) is 59.6 Å². The van der Waals surface area contributed by atoms with Gasteiger partial charge in [-0.25, -0.2) is 9.97 Å². The van der Waals surface area contributed by atoms with Crippen LogP contribution in [0.3, 0.4) is 0 Å². The van der Waals surface area contributed by atoms with Crippen molar-refractivity contribution < 1.29 is 18.9 Å². The first-order valence-electron chi connectivity index (χ1n) is 15.2. The maximum Gasteiger partial charge on any atom is 0.128 e. The number of rotatable bonds is 5. The second-order valence-corrected chi connectivity index (χ2v) is 11.3. The Labute approximate surface area is 252 Å². The van der Waals surface area contributed by atoms with Crippen LogP contribution in [0.4, 0.5) is 0 Å². The van der Waals surface area contributed by atoms with Crippen molar-refractivity contribution in [2.75, 3.05) is 39.6 Å². The molecule has 1 aliphatic rings. The number of imidazole rings is 2. The lowest BCUT2D eigenvalue weighted by Gasteiger charge is -2.18. The molecule has 6 rings (SSSR count). The molecule has 5 aromatic rings. The van der Waals surface area contributed by atoms with Crippen molar-refractivity contribution in [3.05, 3.63) is 72.4 Å². The third-order valence-electron chi connectivity index (χ3n) is 8.14. The highest BCUT2D eigenvalue weighted by molar-refractivity contribution is 5.85. The first-order chi connectivity index (χ1) is 21.0. The number of fused-ring (bicyclic) bond motifs is 4. The fourth-order valence-corrected chi connectivity index (χ4v) is 5.25. The highest BCUT2D eigenvalue weighted by Gasteiger charge is 2.18. The molecule has 3 heterocycles. The van der Waals surface area contributed by atoms with Gasteiger partial charge in [0.15, 0.2) is 0 Å². The molecule has 8 heteroatoms. The molecule has 43 heavy (non-hydrogen) atoms. The first-order valence-corrected chi connectivity index (χ1v) is 15.2. The van der Waals surface area contributed by atoms with Gasteiger partial charge in [-0.05, 0) is 53.4 Å². The molecule has 0 radical (unpaired) electrons. The van der Waals surface area contributed by atoms with Crippen LogP contribution < -0.4 is 9.47 Å².